The van der Waals surface area contributed by atoms with Gasteiger partial charge in [-0.15, -0.1) is 0 Å². The minimum Gasteiger partial charge on any atom is -0.294 e. The smallest absolute Gasteiger partial charge is 0.294 e. The van der Waals surface area contributed by atoms with E-state index in [1.165, 1.54) is 0 Å². The topological polar surface area (TPSA) is 34.1 Å². The van der Waals surface area contributed by atoms with Gasteiger partial charge in [-0.25, -0.2) is 4.39 Å². The average molecular weight is 352 g/mol. The van der Waals surface area contributed by atoms with Crippen LogP contribution in [0.15, 0.2) is 18.2 Å². The summed E-state index contributed by atoms with van der Waals surface area (Å²) in [6.45, 7) is 0. The number of carbonyl (C=O) groups is 2. The van der Waals surface area contributed by atoms with Gasteiger partial charge in [-0.3, -0.25) is 9.59 Å². The number of hydrogen-bond donors (Lipinski definition) is 0. The van der Waals surface area contributed by atoms with Crippen molar-refractivity contribution in [2.45, 2.75) is 24.7 Å². The molecule has 1 aromatic rings. The van der Waals surface area contributed by atoms with Crippen LogP contribution in [0.2, 0.25) is 0 Å². The molecule has 0 unspecified atom stereocenters. The Morgan fingerprint density at radius 3 is 1.87 bits per heavy atom. The summed E-state index contributed by atoms with van der Waals surface area (Å²) in [6.07, 6.45) is -13.5. The highest BCUT2D eigenvalue weighted by atomic mass is 19.4. The van der Waals surface area contributed by atoms with E-state index in [1.54, 1.807) is 0 Å². The number of rotatable bonds is 4. The van der Waals surface area contributed by atoms with Crippen molar-refractivity contribution in [2.24, 2.45) is 0 Å². The Hall–Kier alpha value is -2.07. The van der Waals surface area contributed by atoms with E-state index in [9.17, 15) is 49.1 Å². The summed E-state index contributed by atoms with van der Waals surface area (Å²) < 4.78 is 111. The number of alkyl halides is 8. The minimum absolute atomic E-state index is 0.0727. The van der Waals surface area contributed by atoms with Gasteiger partial charge in [0.05, 0.1) is 12.0 Å². The first-order valence-electron chi connectivity index (χ1n) is 5.55. The summed E-state index contributed by atoms with van der Waals surface area (Å²) in [5.74, 6) is -12.2. The SMILES string of the molecule is O=C(CC(=O)C(F)(F)C(F)(F)F)c1ccc(F)c(C(F)(F)F)c1. The molecule has 1 rings (SSSR count). The largest absolute Gasteiger partial charge is 0.461 e. The number of halogens is 9. The van der Waals surface area contributed by atoms with Crippen LogP contribution in [0.3, 0.4) is 0 Å². The Labute approximate surface area is 121 Å². The van der Waals surface area contributed by atoms with E-state index in [0.29, 0.717) is 6.07 Å². The van der Waals surface area contributed by atoms with Gasteiger partial charge in [-0.2, -0.15) is 35.1 Å². The van der Waals surface area contributed by atoms with E-state index in [4.69, 9.17) is 0 Å². The lowest BCUT2D eigenvalue weighted by Gasteiger charge is -2.17. The minimum atomic E-state index is -6.25. The van der Waals surface area contributed by atoms with Gasteiger partial charge in [0.1, 0.15) is 5.82 Å². The maximum Gasteiger partial charge on any atom is 0.461 e. The van der Waals surface area contributed by atoms with Gasteiger partial charge >= 0.3 is 18.3 Å². The molecule has 0 aromatic heterocycles. The van der Waals surface area contributed by atoms with Crippen molar-refractivity contribution in [3.05, 3.63) is 35.1 Å². The molecule has 0 radical (unpaired) electrons. The molecule has 0 aliphatic carbocycles. The summed E-state index contributed by atoms with van der Waals surface area (Å²) in [5.41, 5.74) is -2.94. The Bertz CT molecular complexity index is 628. The van der Waals surface area contributed by atoms with Crippen LogP contribution in [0.4, 0.5) is 39.5 Å². The summed E-state index contributed by atoms with van der Waals surface area (Å²) in [5, 5.41) is 0. The quantitative estimate of drug-likeness (QED) is 0.463. The maximum absolute atomic E-state index is 13.0. The second kappa shape index (κ2) is 5.85. The molecule has 1 aromatic carbocycles. The first-order chi connectivity index (χ1) is 10.2. The lowest BCUT2D eigenvalue weighted by Crippen LogP contribution is -2.44. The van der Waals surface area contributed by atoms with E-state index in [0.717, 1.165) is 0 Å². The van der Waals surface area contributed by atoms with Crippen LogP contribution in [-0.2, 0) is 11.0 Å². The van der Waals surface area contributed by atoms with Crippen molar-refractivity contribution in [2.75, 3.05) is 0 Å². The van der Waals surface area contributed by atoms with Crippen molar-refractivity contribution in [1.82, 2.24) is 0 Å². The normalized spacial score (nSPS) is 13.1. The third-order valence-corrected chi connectivity index (χ3v) is 2.62. The molecule has 23 heavy (non-hydrogen) atoms. The summed E-state index contributed by atoms with van der Waals surface area (Å²) in [4.78, 5) is 22.3. The Kier molecular flexibility index (Phi) is 4.83. The van der Waals surface area contributed by atoms with Gasteiger partial charge < -0.3 is 0 Å². The molecule has 0 amide bonds. The van der Waals surface area contributed by atoms with Gasteiger partial charge in [0.15, 0.2) is 5.78 Å². The molecule has 0 spiro atoms. The zero-order valence-corrected chi connectivity index (χ0v) is 10.7. The highest BCUT2D eigenvalue weighted by Crippen LogP contribution is 2.37. The molecule has 0 atom stereocenters. The summed E-state index contributed by atoms with van der Waals surface area (Å²) in [7, 11) is 0. The Morgan fingerprint density at radius 2 is 1.43 bits per heavy atom. The molecule has 2 nitrogen and oxygen atoms in total. The van der Waals surface area contributed by atoms with Crippen LogP contribution >= 0.6 is 0 Å². The number of carbonyl (C=O) groups excluding carboxylic acids is 2. The molecule has 0 aliphatic rings. The van der Waals surface area contributed by atoms with Crippen molar-refractivity contribution in [3.63, 3.8) is 0 Å². The molecule has 11 heteroatoms. The van der Waals surface area contributed by atoms with E-state index in [1.807, 2.05) is 0 Å². The molecule has 0 saturated heterocycles. The van der Waals surface area contributed by atoms with Gasteiger partial charge in [0.25, 0.3) is 0 Å². The highest BCUT2D eigenvalue weighted by Gasteiger charge is 2.62. The van der Waals surface area contributed by atoms with Crippen molar-refractivity contribution >= 4 is 11.6 Å². The van der Waals surface area contributed by atoms with E-state index in [2.05, 4.69) is 0 Å². The first-order valence-corrected chi connectivity index (χ1v) is 5.55. The molecule has 0 N–H and O–H groups in total. The van der Waals surface area contributed by atoms with E-state index in [-0.39, 0.29) is 12.1 Å². The number of ketones is 2. The number of Topliss-reactive ketones (excluding diaryl/α,β-unsaturated/α-hetero) is 2. The van der Waals surface area contributed by atoms with Crippen LogP contribution in [-0.4, -0.2) is 23.7 Å². The summed E-state index contributed by atoms with van der Waals surface area (Å²) in [6, 6.07) is 0.547. The second-order valence-corrected chi connectivity index (χ2v) is 4.29. The first kappa shape index (κ1) is 19.0. The predicted molar refractivity (Wildman–Crippen MR) is 56.4 cm³/mol. The van der Waals surface area contributed by atoms with Gasteiger partial charge in [-0.05, 0) is 18.2 Å². The fourth-order valence-electron chi connectivity index (χ4n) is 1.43. The van der Waals surface area contributed by atoms with Crippen LogP contribution in [0, 0.1) is 5.82 Å². The fourth-order valence-corrected chi connectivity index (χ4v) is 1.43. The van der Waals surface area contributed by atoms with Crippen molar-refractivity contribution < 1.29 is 49.1 Å². The monoisotopic (exact) mass is 352 g/mol. The predicted octanol–water partition coefficient (Wildman–Crippen LogP) is 4.18. The molecule has 0 saturated carbocycles. The van der Waals surface area contributed by atoms with Crippen LogP contribution in [0.5, 0.6) is 0 Å². The third kappa shape index (κ3) is 4.02. The zero-order valence-electron chi connectivity index (χ0n) is 10.7. The van der Waals surface area contributed by atoms with Crippen molar-refractivity contribution in [3.8, 4) is 0 Å². The standard InChI is InChI=1S/C12H5F9O2/c13-7-2-1-5(3-6(7)11(16,17)18)8(22)4-9(23)10(14,15)12(19,20)21/h1-3H,4H2. The Morgan fingerprint density at radius 1 is 0.913 bits per heavy atom. The van der Waals surface area contributed by atoms with Crippen LogP contribution < -0.4 is 0 Å². The molecule has 128 valence electrons. The molecule has 0 heterocycles. The van der Waals surface area contributed by atoms with Gasteiger partial charge in [0.2, 0.25) is 5.78 Å². The second-order valence-electron chi connectivity index (χ2n) is 4.29. The Balaban J connectivity index is 3.07. The third-order valence-electron chi connectivity index (χ3n) is 2.62. The van der Waals surface area contributed by atoms with Gasteiger partial charge in [0, 0.05) is 5.56 Å². The van der Waals surface area contributed by atoms with Crippen LogP contribution in [0.1, 0.15) is 22.3 Å². The average Bonchev–Trinajstić information content (AvgIpc) is 2.36. The lowest BCUT2D eigenvalue weighted by atomic mass is 10.0. The molecular formula is C12H5F9O2. The molecule has 0 aliphatic heterocycles. The highest BCUT2D eigenvalue weighted by molar-refractivity contribution is 6.10. The van der Waals surface area contributed by atoms with Crippen molar-refractivity contribution in [1.29, 1.82) is 0 Å². The fraction of sp³-hybridized carbons (Fsp3) is 0.333. The lowest BCUT2D eigenvalue weighted by molar-refractivity contribution is -0.268. The van der Waals surface area contributed by atoms with Gasteiger partial charge in [-0.1, -0.05) is 0 Å². The molecule has 0 fully saturated rings. The number of benzene rings is 1. The zero-order chi connectivity index (χ0) is 18.2. The maximum atomic E-state index is 13.0. The molecule has 0 bridgehead atoms. The van der Waals surface area contributed by atoms with E-state index < -0.39 is 53.2 Å². The van der Waals surface area contributed by atoms with E-state index >= 15 is 0 Å². The van der Waals surface area contributed by atoms with Crippen LogP contribution in [0.25, 0.3) is 0 Å². The molecular weight excluding hydrogens is 347 g/mol. The number of hydrogen-bond acceptors (Lipinski definition) is 2. The summed E-state index contributed by atoms with van der Waals surface area (Å²) >= 11 is 0.